The molecule has 2 aromatic carbocycles. The summed E-state index contributed by atoms with van der Waals surface area (Å²) in [7, 11) is 0. The predicted octanol–water partition coefficient (Wildman–Crippen LogP) is 3.89. The van der Waals surface area contributed by atoms with E-state index in [0.717, 1.165) is 45.2 Å². The lowest BCUT2D eigenvalue weighted by Crippen LogP contribution is -2.60. The summed E-state index contributed by atoms with van der Waals surface area (Å²) in [5, 5.41) is 3.47. The monoisotopic (exact) mass is 348 g/mol. The van der Waals surface area contributed by atoms with Gasteiger partial charge in [-0.05, 0) is 61.9 Å². The highest BCUT2D eigenvalue weighted by atomic mass is 16.2. The van der Waals surface area contributed by atoms with Crippen molar-refractivity contribution in [3.8, 4) is 0 Å². The summed E-state index contributed by atoms with van der Waals surface area (Å²) >= 11 is 0. The second-order valence-corrected chi connectivity index (χ2v) is 7.78. The average molecular weight is 348 g/mol. The van der Waals surface area contributed by atoms with Gasteiger partial charge >= 0.3 is 0 Å². The van der Waals surface area contributed by atoms with Crippen molar-refractivity contribution < 1.29 is 4.79 Å². The summed E-state index contributed by atoms with van der Waals surface area (Å²) in [6.45, 7) is 3.75. The van der Waals surface area contributed by atoms with Crippen LogP contribution in [0.1, 0.15) is 48.9 Å². The molecule has 1 unspecified atom stereocenters. The van der Waals surface area contributed by atoms with Gasteiger partial charge in [-0.2, -0.15) is 0 Å². The first-order chi connectivity index (χ1) is 12.7. The molecule has 4 rings (SSSR count). The minimum Gasteiger partial charge on any atom is -0.330 e. The molecule has 2 aliphatic rings. The fourth-order valence-electron chi connectivity index (χ4n) is 5.03. The summed E-state index contributed by atoms with van der Waals surface area (Å²) in [6, 6.07) is 19.6. The van der Waals surface area contributed by atoms with Crippen molar-refractivity contribution >= 4 is 5.91 Å². The van der Waals surface area contributed by atoms with Crippen molar-refractivity contribution in [1.29, 1.82) is 0 Å². The lowest BCUT2D eigenvalue weighted by molar-refractivity contribution is -0.142. The van der Waals surface area contributed by atoms with Crippen molar-refractivity contribution in [2.24, 2.45) is 0 Å². The van der Waals surface area contributed by atoms with Crippen molar-refractivity contribution in [1.82, 2.24) is 10.2 Å². The molecule has 0 aromatic heterocycles. The molecule has 136 valence electrons. The lowest BCUT2D eigenvalue weighted by atomic mass is 9.73. The Morgan fingerprint density at radius 3 is 2.50 bits per heavy atom. The van der Waals surface area contributed by atoms with Gasteiger partial charge in [0.15, 0.2) is 0 Å². The number of carbonyl (C=O) groups excluding carboxylic acids is 1. The molecule has 1 saturated heterocycles. The third-order valence-corrected chi connectivity index (χ3v) is 6.18. The standard InChI is InChI=1S/C23H28N2O/c1-18(26)25-22(12-11-19-7-3-2-4-8-19)21-10-6-5-9-20(21)17-23(25)13-15-24-16-14-23/h2-10,22,24H,11-17H2,1H3. The highest BCUT2D eigenvalue weighted by Gasteiger charge is 2.47. The van der Waals surface area contributed by atoms with E-state index in [-0.39, 0.29) is 17.5 Å². The van der Waals surface area contributed by atoms with Gasteiger partial charge in [0.05, 0.1) is 6.04 Å². The Balaban J connectivity index is 1.71. The molecule has 2 aliphatic heterocycles. The number of rotatable bonds is 3. The lowest BCUT2D eigenvalue weighted by Gasteiger charge is -2.54. The third-order valence-electron chi connectivity index (χ3n) is 6.18. The number of hydrogen-bond acceptors (Lipinski definition) is 2. The predicted molar refractivity (Wildman–Crippen MR) is 105 cm³/mol. The Morgan fingerprint density at radius 2 is 1.77 bits per heavy atom. The highest BCUT2D eigenvalue weighted by molar-refractivity contribution is 5.75. The van der Waals surface area contributed by atoms with Gasteiger partial charge in [0, 0.05) is 12.5 Å². The van der Waals surface area contributed by atoms with Gasteiger partial charge in [-0.3, -0.25) is 4.79 Å². The largest absolute Gasteiger partial charge is 0.330 e. The van der Waals surface area contributed by atoms with E-state index in [4.69, 9.17) is 0 Å². The smallest absolute Gasteiger partial charge is 0.220 e. The first-order valence-corrected chi connectivity index (χ1v) is 9.82. The number of fused-ring (bicyclic) bond motifs is 1. The van der Waals surface area contributed by atoms with E-state index < -0.39 is 0 Å². The summed E-state index contributed by atoms with van der Waals surface area (Å²) < 4.78 is 0. The van der Waals surface area contributed by atoms with Crippen LogP contribution in [0, 0.1) is 0 Å². The van der Waals surface area contributed by atoms with Crippen LogP contribution in [0.5, 0.6) is 0 Å². The van der Waals surface area contributed by atoms with Crippen LogP contribution in [0.4, 0.5) is 0 Å². The topological polar surface area (TPSA) is 32.3 Å². The summed E-state index contributed by atoms with van der Waals surface area (Å²) in [4.78, 5) is 15.1. The fourth-order valence-corrected chi connectivity index (χ4v) is 5.03. The van der Waals surface area contributed by atoms with E-state index in [1.54, 1.807) is 6.92 Å². The van der Waals surface area contributed by atoms with Crippen LogP contribution in [-0.2, 0) is 17.6 Å². The van der Waals surface area contributed by atoms with Gasteiger partial charge in [-0.15, -0.1) is 0 Å². The maximum Gasteiger partial charge on any atom is 0.220 e. The quantitative estimate of drug-likeness (QED) is 0.913. The first kappa shape index (κ1) is 17.3. The second kappa shape index (κ2) is 7.24. The Labute approximate surface area is 156 Å². The number of hydrogen-bond donors (Lipinski definition) is 1. The molecule has 0 bridgehead atoms. The van der Waals surface area contributed by atoms with Gasteiger partial charge in [0.1, 0.15) is 0 Å². The van der Waals surface area contributed by atoms with E-state index in [2.05, 4.69) is 64.8 Å². The number of carbonyl (C=O) groups is 1. The number of nitrogens with zero attached hydrogens (tertiary/aromatic N) is 1. The van der Waals surface area contributed by atoms with Crippen LogP contribution in [-0.4, -0.2) is 29.4 Å². The van der Waals surface area contributed by atoms with Crippen molar-refractivity contribution in [3.63, 3.8) is 0 Å². The molecule has 1 atom stereocenters. The van der Waals surface area contributed by atoms with E-state index in [1.165, 1.54) is 16.7 Å². The number of piperidine rings is 1. The van der Waals surface area contributed by atoms with Crippen LogP contribution >= 0.6 is 0 Å². The van der Waals surface area contributed by atoms with E-state index in [0.29, 0.717) is 0 Å². The molecule has 2 aromatic rings. The molecule has 26 heavy (non-hydrogen) atoms. The zero-order chi connectivity index (χ0) is 18.0. The van der Waals surface area contributed by atoms with Crippen LogP contribution in [0.3, 0.4) is 0 Å². The van der Waals surface area contributed by atoms with Gasteiger partial charge in [0.25, 0.3) is 0 Å². The summed E-state index contributed by atoms with van der Waals surface area (Å²) in [5.41, 5.74) is 4.11. The van der Waals surface area contributed by atoms with Gasteiger partial charge in [-0.1, -0.05) is 54.6 Å². The van der Waals surface area contributed by atoms with Crippen molar-refractivity contribution in [2.75, 3.05) is 13.1 Å². The van der Waals surface area contributed by atoms with Gasteiger partial charge < -0.3 is 10.2 Å². The molecule has 0 radical (unpaired) electrons. The minimum absolute atomic E-state index is 0.0210. The molecule has 0 aliphatic carbocycles. The zero-order valence-electron chi connectivity index (χ0n) is 15.6. The number of aryl methyl sites for hydroxylation is 1. The van der Waals surface area contributed by atoms with Gasteiger partial charge in [-0.25, -0.2) is 0 Å². The Bertz CT molecular complexity index is 765. The number of benzene rings is 2. The van der Waals surface area contributed by atoms with Crippen molar-refractivity contribution in [2.45, 2.75) is 50.6 Å². The SMILES string of the molecule is CC(=O)N1C(CCc2ccccc2)c2ccccc2CC12CCNCC2. The Hall–Kier alpha value is -2.13. The molecule has 2 heterocycles. The molecular formula is C23H28N2O. The molecule has 3 heteroatoms. The van der Waals surface area contributed by atoms with Crippen LogP contribution in [0.25, 0.3) is 0 Å². The minimum atomic E-state index is -0.0210. The van der Waals surface area contributed by atoms with Crippen LogP contribution in [0.15, 0.2) is 54.6 Å². The van der Waals surface area contributed by atoms with E-state index in [1.807, 2.05) is 0 Å². The molecular weight excluding hydrogens is 320 g/mol. The summed E-state index contributed by atoms with van der Waals surface area (Å²) in [5.74, 6) is 0.222. The first-order valence-electron chi connectivity index (χ1n) is 9.82. The highest BCUT2D eigenvalue weighted by Crippen LogP contribution is 2.45. The Kier molecular flexibility index (Phi) is 4.82. The third kappa shape index (κ3) is 3.16. The van der Waals surface area contributed by atoms with E-state index in [9.17, 15) is 4.79 Å². The fraction of sp³-hybridized carbons (Fsp3) is 0.435. The second-order valence-electron chi connectivity index (χ2n) is 7.78. The number of nitrogens with one attached hydrogen (secondary N) is 1. The molecule has 3 nitrogen and oxygen atoms in total. The normalized spacial score (nSPS) is 21.4. The number of amides is 1. The maximum atomic E-state index is 12.8. The molecule has 1 fully saturated rings. The molecule has 1 spiro atoms. The van der Waals surface area contributed by atoms with Gasteiger partial charge in [0.2, 0.25) is 5.91 Å². The summed E-state index contributed by atoms with van der Waals surface area (Å²) in [6.07, 6.45) is 5.06. The average Bonchev–Trinajstić information content (AvgIpc) is 2.67. The zero-order valence-corrected chi connectivity index (χ0v) is 15.6. The van der Waals surface area contributed by atoms with E-state index >= 15 is 0 Å². The molecule has 1 amide bonds. The maximum absolute atomic E-state index is 12.8. The Morgan fingerprint density at radius 1 is 1.08 bits per heavy atom. The molecule has 1 N–H and O–H groups in total. The molecule has 0 saturated carbocycles. The van der Waals surface area contributed by atoms with Crippen LogP contribution in [0.2, 0.25) is 0 Å². The van der Waals surface area contributed by atoms with Crippen molar-refractivity contribution in [3.05, 3.63) is 71.3 Å². The van der Waals surface area contributed by atoms with Crippen LogP contribution < -0.4 is 5.32 Å².